The van der Waals surface area contributed by atoms with Crippen LogP contribution in [0, 0.1) is 0 Å². The molecule has 2 aromatic heterocycles. The average Bonchev–Trinajstić information content (AvgIpc) is 2.73. The third-order valence-electron chi connectivity index (χ3n) is 3.05. The zero-order valence-electron chi connectivity index (χ0n) is 9.69. The minimum absolute atomic E-state index is 0.0392. The van der Waals surface area contributed by atoms with Gasteiger partial charge in [-0.2, -0.15) is 9.50 Å². The van der Waals surface area contributed by atoms with Crippen molar-refractivity contribution in [2.75, 3.05) is 6.61 Å². The van der Waals surface area contributed by atoms with Gasteiger partial charge < -0.3 is 4.74 Å². The SMILES string of the molecule is CCOc1nc2[nH]c(=O)c3c(n2n1)CCCC3. The van der Waals surface area contributed by atoms with Crippen LogP contribution in [0.4, 0.5) is 0 Å². The molecule has 1 aliphatic rings. The fourth-order valence-electron chi connectivity index (χ4n) is 2.30. The van der Waals surface area contributed by atoms with E-state index in [1.165, 1.54) is 0 Å². The van der Waals surface area contributed by atoms with Crippen molar-refractivity contribution in [2.24, 2.45) is 0 Å². The van der Waals surface area contributed by atoms with Crippen molar-refractivity contribution in [3.05, 3.63) is 21.6 Å². The highest BCUT2D eigenvalue weighted by molar-refractivity contribution is 5.35. The van der Waals surface area contributed by atoms with E-state index in [2.05, 4.69) is 15.1 Å². The highest BCUT2D eigenvalue weighted by atomic mass is 16.5. The molecule has 6 nitrogen and oxygen atoms in total. The predicted octanol–water partition coefficient (Wildman–Crippen LogP) is 0.695. The first kappa shape index (κ1) is 10.3. The van der Waals surface area contributed by atoms with Crippen molar-refractivity contribution in [1.29, 1.82) is 0 Å². The standard InChI is InChI=1S/C11H14N4O2/c1-2-17-11-13-10-12-9(16)7-5-3-4-6-8(7)15(10)14-11/h2-6H2,1H3,(H,12,13,14,16). The first-order chi connectivity index (χ1) is 8.29. The van der Waals surface area contributed by atoms with Crippen LogP contribution in [0.5, 0.6) is 6.01 Å². The van der Waals surface area contributed by atoms with Crippen LogP contribution >= 0.6 is 0 Å². The van der Waals surface area contributed by atoms with Gasteiger partial charge in [-0.3, -0.25) is 9.78 Å². The summed E-state index contributed by atoms with van der Waals surface area (Å²) >= 11 is 0. The van der Waals surface area contributed by atoms with Crippen LogP contribution in [-0.4, -0.2) is 26.2 Å². The number of ether oxygens (including phenoxy) is 1. The highest BCUT2D eigenvalue weighted by Crippen LogP contribution is 2.18. The molecule has 2 heterocycles. The second kappa shape index (κ2) is 3.87. The van der Waals surface area contributed by atoms with E-state index >= 15 is 0 Å². The van der Waals surface area contributed by atoms with Crippen LogP contribution in [0.1, 0.15) is 31.0 Å². The first-order valence-electron chi connectivity index (χ1n) is 5.93. The smallest absolute Gasteiger partial charge is 0.337 e. The molecule has 0 aliphatic heterocycles. The molecule has 0 spiro atoms. The number of hydrogen-bond acceptors (Lipinski definition) is 4. The van der Waals surface area contributed by atoms with Crippen LogP contribution in [0.25, 0.3) is 5.78 Å². The molecule has 90 valence electrons. The first-order valence-corrected chi connectivity index (χ1v) is 5.93. The van der Waals surface area contributed by atoms with E-state index in [0.29, 0.717) is 18.4 Å². The van der Waals surface area contributed by atoms with Crippen molar-refractivity contribution in [3.8, 4) is 6.01 Å². The Hall–Kier alpha value is -1.85. The lowest BCUT2D eigenvalue weighted by Gasteiger charge is -2.14. The summed E-state index contributed by atoms with van der Waals surface area (Å²) < 4.78 is 6.97. The van der Waals surface area contributed by atoms with Crippen LogP contribution in [-0.2, 0) is 12.8 Å². The van der Waals surface area contributed by atoms with Gasteiger partial charge in [0, 0.05) is 5.56 Å². The molecule has 3 rings (SSSR count). The third-order valence-corrected chi connectivity index (χ3v) is 3.05. The number of H-pyrrole nitrogens is 1. The maximum atomic E-state index is 11.9. The Kier molecular flexibility index (Phi) is 2.35. The van der Waals surface area contributed by atoms with E-state index in [1.54, 1.807) is 4.52 Å². The lowest BCUT2D eigenvalue weighted by Crippen LogP contribution is -2.23. The molecule has 2 aromatic rings. The molecule has 1 N–H and O–H groups in total. The number of aryl methyl sites for hydroxylation is 1. The number of nitrogens with zero attached hydrogens (tertiary/aromatic N) is 3. The maximum Gasteiger partial charge on any atom is 0.337 e. The van der Waals surface area contributed by atoms with Crippen LogP contribution in [0.15, 0.2) is 4.79 Å². The predicted molar refractivity (Wildman–Crippen MR) is 61.4 cm³/mol. The number of hydrogen-bond donors (Lipinski definition) is 1. The van der Waals surface area contributed by atoms with Gasteiger partial charge in [-0.05, 0) is 32.6 Å². The van der Waals surface area contributed by atoms with Gasteiger partial charge in [-0.1, -0.05) is 0 Å². The van der Waals surface area contributed by atoms with Gasteiger partial charge in [0.2, 0.25) is 5.78 Å². The van der Waals surface area contributed by atoms with Gasteiger partial charge >= 0.3 is 6.01 Å². The molecule has 0 radical (unpaired) electrons. The van der Waals surface area contributed by atoms with Gasteiger partial charge in [0.15, 0.2) is 0 Å². The molecule has 0 unspecified atom stereocenters. The fourth-order valence-corrected chi connectivity index (χ4v) is 2.30. The average molecular weight is 234 g/mol. The number of aromatic nitrogens is 4. The molecule has 0 fully saturated rings. The summed E-state index contributed by atoms with van der Waals surface area (Å²) in [5, 5.41) is 4.27. The number of aromatic amines is 1. The van der Waals surface area contributed by atoms with E-state index in [4.69, 9.17) is 4.74 Å². The van der Waals surface area contributed by atoms with E-state index < -0.39 is 0 Å². The van der Waals surface area contributed by atoms with Crippen molar-refractivity contribution >= 4 is 5.78 Å². The molecule has 17 heavy (non-hydrogen) atoms. The van der Waals surface area contributed by atoms with Gasteiger partial charge in [0.25, 0.3) is 5.56 Å². The summed E-state index contributed by atoms with van der Waals surface area (Å²) in [5.41, 5.74) is 1.79. The minimum Gasteiger partial charge on any atom is -0.463 e. The normalized spacial score (nSPS) is 14.9. The Labute approximate surface area is 97.6 Å². The van der Waals surface area contributed by atoms with E-state index in [1.807, 2.05) is 6.92 Å². The molecule has 0 atom stereocenters. The summed E-state index contributed by atoms with van der Waals surface area (Å²) in [4.78, 5) is 18.8. The molecular weight excluding hydrogens is 220 g/mol. The molecule has 1 aliphatic carbocycles. The highest BCUT2D eigenvalue weighted by Gasteiger charge is 2.19. The molecule has 0 saturated carbocycles. The Morgan fingerprint density at radius 3 is 3.06 bits per heavy atom. The Morgan fingerprint density at radius 2 is 2.24 bits per heavy atom. The number of rotatable bonds is 2. The summed E-state index contributed by atoms with van der Waals surface area (Å²) in [6.07, 6.45) is 3.86. The minimum atomic E-state index is -0.0392. The number of fused-ring (bicyclic) bond motifs is 3. The number of nitrogens with one attached hydrogen (secondary N) is 1. The lowest BCUT2D eigenvalue weighted by atomic mass is 9.97. The largest absolute Gasteiger partial charge is 0.463 e. The second-order valence-corrected chi connectivity index (χ2v) is 4.15. The maximum absolute atomic E-state index is 11.9. The van der Waals surface area contributed by atoms with Crippen LogP contribution in [0.3, 0.4) is 0 Å². The Bertz CT molecular complexity index is 614. The van der Waals surface area contributed by atoms with Crippen molar-refractivity contribution in [2.45, 2.75) is 32.6 Å². The third kappa shape index (κ3) is 1.60. The Morgan fingerprint density at radius 1 is 1.41 bits per heavy atom. The summed E-state index contributed by atoms with van der Waals surface area (Å²) in [6.45, 7) is 2.40. The zero-order chi connectivity index (χ0) is 11.8. The van der Waals surface area contributed by atoms with Crippen LogP contribution < -0.4 is 10.3 Å². The van der Waals surface area contributed by atoms with Gasteiger partial charge in [-0.15, -0.1) is 5.10 Å². The van der Waals surface area contributed by atoms with Crippen molar-refractivity contribution < 1.29 is 4.74 Å². The molecular formula is C11H14N4O2. The molecule has 0 aromatic carbocycles. The van der Waals surface area contributed by atoms with Crippen LogP contribution in [0.2, 0.25) is 0 Å². The summed E-state index contributed by atoms with van der Waals surface area (Å²) in [5.74, 6) is 0.471. The summed E-state index contributed by atoms with van der Waals surface area (Å²) in [7, 11) is 0. The topological polar surface area (TPSA) is 72.3 Å². The zero-order valence-corrected chi connectivity index (χ0v) is 9.69. The second-order valence-electron chi connectivity index (χ2n) is 4.15. The van der Waals surface area contributed by atoms with E-state index in [0.717, 1.165) is 36.9 Å². The van der Waals surface area contributed by atoms with Gasteiger partial charge in [0.1, 0.15) is 0 Å². The van der Waals surface area contributed by atoms with Gasteiger partial charge in [0.05, 0.1) is 12.3 Å². The molecule has 6 heteroatoms. The quantitative estimate of drug-likeness (QED) is 0.830. The lowest BCUT2D eigenvalue weighted by molar-refractivity contribution is 0.313. The van der Waals surface area contributed by atoms with Crippen molar-refractivity contribution in [3.63, 3.8) is 0 Å². The van der Waals surface area contributed by atoms with Crippen molar-refractivity contribution in [1.82, 2.24) is 19.6 Å². The fraction of sp³-hybridized carbons (Fsp3) is 0.545. The molecule has 0 saturated heterocycles. The monoisotopic (exact) mass is 234 g/mol. The summed E-state index contributed by atoms with van der Waals surface area (Å²) in [6, 6.07) is 0.321. The van der Waals surface area contributed by atoms with E-state index in [9.17, 15) is 4.79 Å². The Balaban J connectivity index is 2.24. The van der Waals surface area contributed by atoms with E-state index in [-0.39, 0.29) is 5.56 Å². The van der Waals surface area contributed by atoms with Gasteiger partial charge in [-0.25, -0.2) is 0 Å². The molecule has 0 amide bonds. The molecule has 0 bridgehead atoms.